The van der Waals surface area contributed by atoms with Gasteiger partial charge in [-0.2, -0.15) is 0 Å². The molecule has 0 aliphatic carbocycles. The van der Waals surface area contributed by atoms with Crippen LogP contribution in [0.2, 0.25) is 0 Å². The summed E-state index contributed by atoms with van der Waals surface area (Å²) in [6.45, 7) is 3.82. The Morgan fingerprint density at radius 3 is 2.68 bits per heavy atom. The van der Waals surface area contributed by atoms with E-state index in [1.54, 1.807) is 0 Å². The predicted octanol–water partition coefficient (Wildman–Crippen LogP) is 2.17. The molecule has 0 spiro atoms. The van der Waals surface area contributed by atoms with Crippen LogP contribution in [-0.4, -0.2) is 37.0 Å². The Balaban J connectivity index is 0.00000180. The Kier molecular flexibility index (Phi) is 6.32. The molecule has 1 saturated heterocycles. The van der Waals surface area contributed by atoms with Crippen LogP contribution in [0.4, 0.5) is 0 Å². The Bertz CT molecular complexity index is 405. The maximum absolute atomic E-state index is 12.2. The van der Waals surface area contributed by atoms with Crippen molar-refractivity contribution in [2.24, 2.45) is 0 Å². The van der Waals surface area contributed by atoms with Crippen molar-refractivity contribution in [2.45, 2.75) is 32.2 Å². The lowest BCUT2D eigenvalue weighted by atomic mass is 10.0. The van der Waals surface area contributed by atoms with E-state index in [1.165, 1.54) is 12.0 Å². The first kappa shape index (κ1) is 16.0. The first-order chi connectivity index (χ1) is 8.69. The summed E-state index contributed by atoms with van der Waals surface area (Å²) in [4.78, 5) is 14.2. The van der Waals surface area contributed by atoms with Gasteiger partial charge in [-0.1, -0.05) is 29.8 Å². The molecule has 1 amide bonds. The molecule has 3 nitrogen and oxygen atoms in total. The molecule has 1 atom stereocenters. The van der Waals surface area contributed by atoms with Crippen LogP contribution in [0, 0.1) is 6.92 Å². The van der Waals surface area contributed by atoms with E-state index in [0.29, 0.717) is 12.5 Å². The van der Waals surface area contributed by atoms with Gasteiger partial charge in [0.25, 0.3) is 0 Å². The van der Waals surface area contributed by atoms with E-state index in [9.17, 15) is 4.79 Å². The van der Waals surface area contributed by atoms with Gasteiger partial charge in [0, 0.05) is 19.1 Å². The highest BCUT2D eigenvalue weighted by Gasteiger charge is 2.22. The topological polar surface area (TPSA) is 32.3 Å². The molecule has 1 aromatic rings. The fourth-order valence-electron chi connectivity index (χ4n) is 2.43. The molecular formula is C15H23ClN2O. The number of carbonyl (C=O) groups excluding carboxylic acids is 1. The molecule has 1 aromatic carbocycles. The maximum Gasteiger partial charge on any atom is 0.227 e. The molecule has 4 heteroatoms. The first-order valence-corrected chi connectivity index (χ1v) is 6.69. The number of nitrogens with one attached hydrogen (secondary N) is 1. The maximum atomic E-state index is 12.2. The number of likely N-dealkylation sites (N-methyl/N-ethyl adjacent to an activating group) is 1. The highest BCUT2D eigenvalue weighted by molar-refractivity contribution is 5.85. The van der Waals surface area contributed by atoms with Gasteiger partial charge < -0.3 is 10.2 Å². The third-order valence-electron chi connectivity index (χ3n) is 3.66. The standard InChI is InChI=1S/C15H22N2O.ClH/c1-12-5-7-13(8-6-12)10-15(18)17-9-3-4-14(11-17)16-2;/h5-8,14,16H,3-4,9-11H2,1-2H3;1H. The lowest BCUT2D eigenvalue weighted by Crippen LogP contribution is -2.47. The van der Waals surface area contributed by atoms with Gasteiger partial charge in [-0.25, -0.2) is 0 Å². The van der Waals surface area contributed by atoms with Crippen LogP contribution in [0.1, 0.15) is 24.0 Å². The van der Waals surface area contributed by atoms with Gasteiger partial charge >= 0.3 is 0 Å². The number of nitrogens with zero attached hydrogens (tertiary/aromatic N) is 1. The number of halogens is 1. The van der Waals surface area contributed by atoms with Crippen molar-refractivity contribution in [2.75, 3.05) is 20.1 Å². The van der Waals surface area contributed by atoms with Crippen LogP contribution in [0.25, 0.3) is 0 Å². The minimum Gasteiger partial charge on any atom is -0.341 e. The summed E-state index contributed by atoms with van der Waals surface area (Å²) in [6.07, 6.45) is 2.80. The molecule has 1 fully saturated rings. The molecule has 0 bridgehead atoms. The van der Waals surface area contributed by atoms with Crippen molar-refractivity contribution in [3.05, 3.63) is 35.4 Å². The van der Waals surface area contributed by atoms with Gasteiger partial charge in [-0.3, -0.25) is 4.79 Å². The largest absolute Gasteiger partial charge is 0.341 e. The molecule has 1 N–H and O–H groups in total. The van der Waals surface area contributed by atoms with Crippen molar-refractivity contribution >= 4 is 18.3 Å². The average molecular weight is 283 g/mol. The molecule has 2 rings (SSSR count). The lowest BCUT2D eigenvalue weighted by molar-refractivity contribution is -0.131. The normalized spacial score (nSPS) is 18.8. The van der Waals surface area contributed by atoms with Gasteiger partial charge in [0.05, 0.1) is 6.42 Å². The number of hydrogen-bond acceptors (Lipinski definition) is 2. The van der Waals surface area contributed by atoms with Gasteiger partial charge in [-0.15, -0.1) is 12.4 Å². The zero-order valence-electron chi connectivity index (χ0n) is 11.7. The number of hydrogen-bond donors (Lipinski definition) is 1. The van der Waals surface area contributed by atoms with Crippen LogP contribution < -0.4 is 5.32 Å². The van der Waals surface area contributed by atoms with E-state index in [2.05, 4.69) is 24.4 Å². The third kappa shape index (κ3) is 4.51. The number of rotatable bonds is 3. The minimum atomic E-state index is 0. The first-order valence-electron chi connectivity index (χ1n) is 6.69. The summed E-state index contributed by atoms with van der Waals surface area (Å²) in [5.74, 6) is 0.249. The molecule has 1 heterocycles. The molecule has 1 aliphatic rings. The molecule has 0 aromatic heterocycles. The molecule has 0 saturated carbocycles. The fourth-order valence-corrected chi connectivity index (χ4v) is 2.43. The second-order valence-electron chi connectivity index (χ2n) is 5.13. The number of piperidine rings is 1. The summed E-state index contributed by atoms with van der Waals surface area (Å²) in [5, 5.41) is 3.27. The van der Waals surface area contributed by atoms with Crippen LogP contribution in [0.5, 0.6) is 0 Å². The smallest absolute Gasteiger partial charge is 0.227 e. The van der Waals surface area contributed by atoms with Crippen LogP contribution in [-0.2, 0) is 11.2 Å². The molecule has 106 valence electrons. The zero-order chi connectivity index (χ0) is 13.0. The molecule has 0 radical (unpaired) electrons. The van der Waals surface area contributed by atoms with E-state index >= 15 is 0 Å². The van der Waals surface area contributed by atoms with E-state index in [4.69, 9.17) is 0 Å². The fraction of sp³-hybridized carbons (Fsp3) is 0.533. The molecule has 1 aliphatic heterocycles. The summed E-state index contributed by atoms with van der Waals surface area (Å²) in [5.41, 5.74) is 2.34. The van der Waals surface area contributed by atoms with Crippen LogP contribution in [0.15, 0.2) is 24.3 Å². The number of carbonyl (C=O) groups is 1. The number of aryl methyl sites for hydroxylation is 1. The SMILES string of the molecule is CNC1CCCN(C(=O)Cc2ccc(C)cc2)C1.Cl. The Hall–Kier alpha value is -1.06. The van der Waals surface area contributed by atoms with Crippen molar-refractivity contribution in [3.8, 4) is 0 Å². The molecular weight excluding hydrogens is 260 g/mol. The Morgan fingerprint density at radius 2 is 2.05 bits per heavy atom. The van der Waals surface area contributed by atoms with Crippen molar-refractivity contribution < 1.29 is 4.79 Å². The second-order valence-corrected chi connectivity index (χ2v) is 5.13. The number of likely N-dealkylation sites (tertiary alicyclic amines) is 1. The number of amides is 1. The van der Waals surface area contributed by atoms with Gasteiger partial charge in [0.1, 0.15) is 0 Å². The average Bonchev–Trinajstić information content (AvgIpc) is 2.41. The summed E-state index contributed by atoms with van der Waals surface area (Å²) < 4.78 is 0. The quantitative estimate of drug-likeness (QED) is 0.922. The Labute approximate surface area is 121 Å². The summed E-state index contributed by atoms with van der Waals surface area (Å²) in [7, 11) is 1.97. The summed E-state index contributed by atoms with van der Waals surface area (Å²) >= 11 is 0. The molecule has 19 heavy (non-hydrogen) atoms. The highest BCUT2D eigenvalue weighted by atomic mass is 35.5. The zero-order valence-corrected chi connectivity index (χ0v) is 12.5. The second kappa shape index (κ2) is 7.51. The van der Waals surface area contributed by atoms with E-state index in [0.717, 1.165) is 25.1 Å². The van der Waals surface area contributed by atoms with Crippen LogP contribution >= 0.6 is 12.4 Å². The monoisotopic (exact) mass is 282 g/mol. The lowest BCUT2D eigenvalue weighted by Gasteiger charge is -2.32. The number of benzene rings is 1. The predicted molar refractivity (Wildman–Crippen MR) is 80.8 cm³/mol. The summed E-state index contributed by atoms with van der Waals surface area (Å²) in [6, 6.07) is 8.69. The van der Waals surface area contributed by atoms with Gasteiger partial charge in [-0.05, 0) is 32.4 Å². The van der Waals surface area contributed by atoms with Gasteiger partial charge in [0.15, 0.2) is 0 Å². The van der Waals surface area contributed by atoms with Crippen molar-refractivity contribution in [1.82, 2.24) is 10.2 Å². The van der Waals surface area contributed by atoms with Gasteiger partial charge in [0.2, 0.25) is 5.91 Å². The van der Waals surface area contributed by atoms with Crippen molar-refractivity contribution in [3.63, 3.8) is 0 Å². The minimum absolute atomic E-state index is 0. The Morgan fingerprint density at radius 1 is 1.37 bits per heavy atom. The van der Waals surface area contributed by atoms with Crippen LogP contribution in [0.3, 0.4) is 0 Å². The van der Waals surface area contributed by atoms with Crippen molar-refractivity contribution in [1.29, 1.82) is 0 Å². The highest BCUT2D eigenvalue weighted by Crippen LogP contribution is 2.12. The van der Waals surface area contributed by atoms with E-state index in [-0.39, 0.29) is 18.3 Å². The third-order valence-corrected chi connectivity index (χ3v) is 3.66. The molecule has 1 unspecified atom stereocenters. The van der Waals surface area contributed by atoms with E-state index < -0.39 is 0 Å². The van der Waals surface area contributed by atoms with E-state index in [1.807, 2.05) is 24.1 Å².